The monoisotopic (exact) mass is 1010 g/mol. The van der Waals surface area contributed by atoms with Crippen LogP contribution in [0.5, 0.6) is 23.0 Å². The van der Waals surface area contributed by atoms with Gasteiger partial charge >= 0.3 is 0 Å². The molecule has 12 aromatic carbocycles. The molecule has 2 aliphatic carbocycles. The second-order valence-corrected chi connectivity index (χ2v) is 22.1. The van der Waals surface area contributed by atoms with Crippen molar-refractivity contribution >= 4 is 48.6 Å². The Balaban J connectivity index is 0.876. The third-order valence-electron chi connectivity index (χ3n) is 17.2. The van der Waals surface area contributed by atoms with Gasteiger partial charge in [0.2, 0.25) is 0 Å². The Labute approximate surface area is 456 Å². The third kappa shape index (κ3) is 5.87. The van der Waals surface area contributed by atoms with Crippen LogP contribution in [-0.2, 0) is 10.8 Å². The summed E-state index contributed by atoms with van der Waals surface area (Å²) in [7, 11) is 0. The second kappa shape index (κ2) is 16.4. The molecule has 0 amide bonds. The highest BCUT2D eigenvalue weighted by atomic mass is 32.1. The number of benzene rings is 12. The van der Waals surface area contributed by atoms with E-state index in [0.29, 0.717) is 0 Å². The van der Waals surface area contributed by atoms with Crippen LogP contribution in [0.2, 0.25) is 0 Å². The molecule has 2 spiro atoms. The predicted octanol–water partition coefficient (Wildman–Crippen LogP) is 19.8. The number of hydrogen-bond acceptors (Lipinski definition) is 4. The van der Waals surface area contributed by atoms with Gasteiger partial charge < -0.3 is 14.4 Å². The zero-order valence-electron chi connectivity index (χ0n) is 42.2. The minimum absolute atomic E-state index is 0.574. The van der Waals surface area contributed by atoms with Crippen molar-refractivity contribution in [3.05, 3.63) is 317 Å². The van der Waals surface area contributed by atoms with Crippen molar-refractivity contribution in [2.45, 2.75) is 10.8 Å². The van der Waals surface area contributed by atoms with Crippen LogP contribution >= 0.6 is 11.3 Å². The molecule has 4 aliphatic rings. The van der Waals surface area contributed by atoms with Gasteiger partial charge in [-0.15, -0.1) is 11.3 Å². The lowest BCUT2D eigenvalue weighted by molar-refractivity contribution is 0.436. The summed E-state index contributed by atoms with van der Waals surface area (Å²) in [5, 5.41) is 2.60. The number of hydrogen-bond donors (Lipinski definition) is 0. The summed E-state index contributed by atoms with van der Waals surface area (Å²) in [6.45, 7) is 0. The van der Waals surface area contributed by atoms with Crippen LogP contribution in [0.1, 0.15) is 44.5 Å². The van der Waals surface area contributed by atoms with Crippen molar-refractivity contribution in [3.63, 3.8) is 0 Å². The zero-order valence-corrected chi connectivity index (χ0v) is 43.0. The van der Waals surface area contributed by atoms with E-state index in [2.05, 4.69) is 278 Å². The van der Waals surface area contributed by atoms with E-state index < -0.39 is 10.8 Å². The molecule has 0 bridgehead atoms. The van der Waals surface area contributed by atoms with Crippen LogP contribution in [0, 0.1) is 0 Å². The van der Waals surface area contributed by atoms with Crippen LogP contribution in [0.25, 0.3) is 64.7 Å². The first-order valence-electron chi connectivity index (χ1n) is 26.8. The Bertz CT molecular complexity index is 4570. The molecule has 2 aliphatic heterocycles. The Morgan fingerprint density at radius 3 is 1.44 bits per heavy atom. The Kier molecular flexibility index (Phi) is 9.14. The maximum Gasteiger partial charge on any atom is 0.132 e. The van der Waals surface area contributed by atoms with E-state index >= 15 is 0 Å². The third-order valence-corrected chi connectivity index (χ3v) is 18.4. The van der Waals surface area contributed by atoms with E-state index in [1.54, 1.807) is 0 Å². The fraction of sp³-hybridized carbons (Fsp3) is 0.0270. The van der Waals surface area contributed by atoms with Gasteiger partial charge in [-0.1, -0.05) is 194 Å². The summed E-state index contributed by atoms with van der Waals surface area (Å²) in [6.07, 6.45) is 0. The Morgan fingerprint density at radius 1 is 0.282 bits per heavy atom. The highest BCUT2D eigenvalue weighted by molar-refractivity contribution is 7.25. The lowest BCUT2D eigenvalue weighted by atomic mass is 9.66. The predicted molar refractivity (Wildman–Crippen MR) is 320 cm³/mol. The summed E-state index contributed by atoms with van der Waals surface area (Å²) >= 11 is 1.86. The minimum Gasteiger partial charge on any atom is -0.457 e. The average Bonchev–Trinajstić information content (AvgIpc) is 4.27. The number of nitrogens with zero attached hydrogens (tertiary/aromatic N) is 1. The minimum atomic E-state index is -0.616. The van der Waals surface area contributed by atoms with Gasteiger partial charge in [-0.3, -0.25) is 0 Å². The molecule has 0 radical (unpaired) electrons. The largest absolute Gasteiger partial charge is 0.457 e. The van der Waals surface area contributed by atoms with Crippen LogP contribution in [0.4, 0.5) is 17.1 Å². The molecule has 0 atom stereocenters. The highest BCUT2D eigenvalue weighted by Crippen LogP contribution is 2.65. The number of ether oxygens (including phenoxy) is 2. The maximum absolute atomic E-state index is 6.76. The fourth-order valence-corrected chi connectivity index (χ4v) is 15.2. The van der Waals surface area contributed by atoms with Crippen molar-refractivity contribution < 1.29 is 9.47 Å². The number of anilines is 3. The van der Waals surface area contributed by atoms with Crippen molar-refractivity contribution in [3.8, 4) is 67.5 Å². The Hall–Kier alpha value is -9.74. The number of para-hydroxylation sites is 4. The van der Waals surface area contributed by atoms with Crippen LogP contribution in [-0.4, -0.2) is 0 Å². The lowest BCUT2D eigenvalue weighted by Crippen LogP contribution is -2.32. The van der Waals surface area contributed by atoms with Gasteiger partial charge in [0.25, 0.3) is 0 Å². The average molecular weight is 1010 g/mol. The standard InChI is InChI=1S/C74H45NO2S/c1-4-22-57-52(19-1)53-41-37-49(45-64(53)74(57)61-26-8-12-32-68(61)77-69-33-13-9-27-62(69)74)47-17-15-18-51(43-47)75(50-39-35-46(36-40-50)48-38-42-71-56(44-48)54-20-3-14-34-70(54)78-71)65-29-16-28-63-72(65)55-21-2-5-23-58(55)73(63)59-24-6-10-30-66(59)76-67-31-11-7-25-60(67)73/h1-45H. The molecule has 13 aromatic rings. The van der Waals surface area contributed by atoms with Crippen molar-refractivity contribution in [2.75, 3.05) is 4.90 Å². The van der Waals surface area contributed by atoms with Gasteiger partial charge in [0.05, 0.1) is 16.5 Å². The van der Waals surface area contributed by atoms with E-state index in [-0.39, 0.29) is 0 Å². The van der Waals surface area contributed by atoms with Gasteiger partial charge in [-0.05, 0) is 140 Å². The van der Waals surface area contributed by atoms with Crippen molar-refractivity contribution in [1.29, 1.82) is 0 Å². The van der Waals surface area contributed by atoms with E-state index in [9.17, 15) is 0 Å². The number of rotatable bonds is 5. The molecule has 17 rings (SSSR count). The zero-order chi connectivity index (χ0) is 51.1. The summed E-state index contributed by atoms with van der Waals surface area (Å²) in [6, 6.07) is 101. The van der Waals surface area contributed by atoms with E-state index in [1.807, 2.05) is 11.3 Å². The van der Waals surface area contributed by atoms with E-state index in [0.717, 1.165) is 73.4 Å². The number of fused-ring (bicyclic) bond motifs is 21. The quantitative estimate of drug-likeness (QED) is 0.171. The van der Waals surface area contributed by atoms with E-state index in [4.69, 9.17) is 9.47 Å². The normalized spacial score (nSPS) is 14.1. The summed E-state index contributed by atoms with van der Waals surface area (Å²) in [4.78, 5) is 2.49. The molecule has 0 saturated carbocycles. The molecular formula is C74H45NO2S. The number of thiophene rings is 1. The summed E-state index contributed by atoms with van der Waals surface area (Å²) in [5.74, 6) is 3.54. The molecule has 1 aromatic heterocycles. The first-order valence-corrected chi connectivity index (χ1v) is 27.6. The van der Waals surface area contributed by atoms with Crippen molar-refractivity contribution in [2.24, 2.45) is 0 Å². The molecule has 0 saturated heterocycles. The maximum atomic E-state index is 6.76. The second-order valence-electron chi connectivity index (χ2n) is 21.0. The summed E-state index contributed by atoms with van der Waals surface area (Å²) in [5.41, 5.74) is 21.2. The topological polar surface area (TPSA) is 21.7 Å². The molecule has 3 heterocycles. The van der Waals surface area contributed by atoms with Crippen molar-refractivity contribution in [1.82, 2.24) is 0 Å². The molecule has 364 valence electrons. The molecule has 78 heavy (non-hydrogen) atoms. The molecule has 4 heteroatoms. The van der Waals surface area contributed by atoms with Gasteiger partial charge in [0.1, 0.15) is 23.0 Å². The van der Waals surface area contributed by atoms with Gasteiger partial charge in [0, 0.05) is 59.4 Å². The molecule has 3 nitrogen and oxygen atoms in total. The van der Waals surface area contributed by atoms with E-state index in [1.165, 1.54) is 75.8 Å². The summed E-state index contributed by atoms with van der Waals surface area (Å²) < 4.78 is 16.1. The Morgan fingerprint density at radius 2 is 0.756 bits per heavy atom. The van der Waals surface area contributed by atoms with Gasteiger partial charge in [-0.2, -0.15) is 0 Å². The first kappa shape index (κ1) is 43.5. The van der Waals surface area contributed by atoms with Crippen LogP contribution < -0.4 is 14.4 Å². The van der Waals surface area contributed by atoms with Gasteiger partial charge in [-0.25, -0.2) is 0 Å². The first-order chi connectivity index (χ1) is 38.7. The van der Waals surface area contributed by atoms with Crippen LogP contribution in [0.3, 0.4) is 0 Å². The molecule has 0 fully saturated rings. The SMILES string of the molecule is c1cc(-c2ccc3c(c2)C2(c4ccccc4Oc4ccccc42)c2ccccc2-3)cc(N(c2ccc(-c3ccc4sc5ccccc5c4c3)cc2)c2cccc3c2-c2ccccc2C32c3ccccc3Oc3ccccc32)c1. The fourth-order valence-electron chi connectivity index (χ4n) is 14.1. The molecule has 0 unspecified atom stereocenters. The smallest absolute Gasteiger partial charge is 0.132 e. The van der Waals surface area contributed by atoms with Gasteiger partial charge in [0.15, 0.2) is 0 Å². The highest BCUT2D eigenvalue weighted by Gasteiger charge is 2.53. The van der Waals surface area contributed by atoms with Crippen LogP contribution in [0.15, 0.2) is 273 Å². The lowest BCUT2D eigenvalue weighted by Gasteiger charge is -2.39. The molecule has 0 N–H and O–H groups in total. The molecular weight excluding hydrogens is 967 g/mol.